The predicted molar refractivity (Wildman–Crippen MR) is 103 cm³/mol. The van der Waals surface area contributed by atoms with Gasteiger partial charge in [-0.25, -0.2) is 9.50 Å². The van der Waals surface area contributed by atoms with E-state index in [-0.39, 0.29) is 11.3 Å². The van der Waals surface area contributed by atoms with Gasteiger partial charge in [0.1, 0.15) is 6.33 Å². The zero-order chi connectivity index (χ0) is 19.0. The van der Waals surface area contributed by atoms with Crippen molar-refractivity contribution in [3.05, 3.63) is 48.5 Å². The van der Waals surface area contributed by atoms with Crippen molar-refractivity contribution in [2.75, 3.05) is 33.7 Å². The summed E-state index contributed by atoms with van der Waals surface area (Å²) in [6.45, 7) is 5.13. The molecule has 1 aromatic carbocycles. The number of hydrogen-bond acceptors (Lipinski definition) is 5. The van der Waals surface area contributed by atoms with Crippen molar-refractivity contribution in [2.24, 2.45) is 5.41 Å². The molecular formula is C20H24N6O. The molecule has 1 atom stereocenters. The van der Waals surface area contributed by atoms with Gasteiger partial charge in [0.05, 0.1) is 0 Å². The van der Waals surface area contributed by atoms with Crippen LogP contribution in [0.15, 0.2) is 43.0 Å². The summed E-state index contributed by atoms with van der Waals surface area (Å²) >= 11 is 0. The highest BCUT2D eigenvalue weighted by molar-refractivity contribution is 5.95. The van der Waals surface area contributed by atoms with E-state index in [9.17, 15) is 4.79 Å². The number of amides is 1. The van der Waals surface area contributed by atoms with E-state index in [2.05, 4.69) is 33.9 Å². The molecule has 1 fully saturated rings. The first-order chi connectivity index (χ1) is 12.9. The summed E-state index contributed by atoms with van der Waals surface area (Å²) < 4.78 is 1.63. The van der Waals surface area contributed by atoms with E-state index in [4.69, 9.17) is 0 Å². The fourth-order valence-electron chi connectivity index (χ4n) is 3.97. The number of fused-ring (bicyclic) bond motifs is 1. The highest BCUT2D eigenvalue weighted by Crippen LogP contribution is 2.30. The Morgan fingerprint density at radius 1 is 1.30 bits per heavy atom. The van der Waals surface area contributed by atoms with E-state index in [1.165, 1.54) is 6.33 Å². The third-order valence-electron chi connectivity index (χ3n) is 5.29. The van der Waals surface area contributed by atoms with Crippen LogP contribution >= 0.6 is 0 Å². The second-order valence-electron chi connectivity index (χ2n) is 7.89. The molecule has 0 aliphatic carbocycles. The van der Waals surface area contributed by atoms with E-state index in [1.807, 2.05) is 42.4 Å². The average molecular weight is 364 g/mol. The van der Waals surface area contributed by atoms with Crippen molar-refractivity contribution in [3.63, 3.8) is 0 Å². The lowest BCUT2D eigenvalue weighted by molar-refractivity contribution is 0.0730. The molecule has 3 heterocycles. The van der Waals surface area contributed by atoms with Gasteiger partial charge in [-0.3, -0.25) is 4.79 Å². The molecule has 0 spiro atoms. The van der Waals surface area contributed by atoms with Crippen molar-refractivity contribution in [2.45, 2.75) is 13.3 Å². The summed E-state index contributed by atoms with van der Waals surface area (Å²) in [5.74, 6) is 0.600. The highest BCUT2D eigenvalue weighted by atomic mass is 16.2. The molecule has 1 aliphatic rings. The number of rotatable bonds is 4. The van der Waals surface area contributed by atoms with Gasteiger partial charge in [0.25, 0.3) is 11.7 Å². The summed E-state index contributed by atoms with van der Waals surface area (Å²) in [6.07, 6.45) is 6.22. The molecule has 1 amide bonds. The minimum Gasteiger partial charge on any atom is -0.341 e. The number of likely N-dealkylation sites (tertiary alicyclic amines) is 1. The Labute approximate surface area is 158 Å². The van der Waals surface area contributed by atoms with Crippen molar-refractivity contribution < 1.29 is 4.79 Å². The molecule has 0 bridgehead atoms. The molecule has 3 aromatic rings. The van der Waals surface area contributed by atoms with Crippen LogP contribution in [0.25, 0.3) is 16.9 Å². The number of benzene rings is 1. The molecular weight excluding hydrogens is 340 g/mol. The Bertz CT molecular complexity index is 983. The smallest absolute Gasteiger partial charge is 0.253 e. The van der Waals surface area contributed by atoms with Crippen LogP contribution < -0.4 is 0 Å². The Morgan fingerprint density at radius 3 is 2.93 bits per heavy atom. The van der Waals surface area contributed by atoms with Crippen LogP contribution in [0.1, 0.15) is 23.7 Å². The Hall–Kier alpha value is -2.80. The van der Waals surface area contributed by atoms with E-state index >= 15 is 0 Å². The van der Waals surface area contributed by atoms with E-state index in [1.54, 1.807) is 10.7 Å². The van der Waals surface area contributed by atoms with Gasteiger partial charge in [-0.1, -0.05) is 19.1 Å². The third kappa shape index (κ3) is 3.55. The topological polar surface area (TPSA) is 66.6 Å². The molecule has 7 nitrogen and oxygen atoms in total. The standard InChI is InChI=1S/C20H24N6O/c1-20(7-8-24(2)12-20)13-25(3)18(27)16-6-4-5-15(9-16)17-10-21-19-22-14-23-26(19)11-17/h4-6,9-11,14H,7-8,12-13H2,1-3H3. The number of carbonyl (C=O) groups is 1. The Balaban J connectivity index is 1.55. The Morgan fingerprint density at radius 2 is 2.15 bits per heavy atom. The average Bonchev–Trinajstić information content (AvgIpc) is 3.26. The second kappa shape index (κ2) is 6.74. The molecule has 140 valence electrons. The summed E-state index contributed by atoms with van der Waals surface area (Å²) in [6, 6.07) is 7.67. The maximum atomic E-state index is 13.0. The maximum absolute atomic E-state index is 13.0. The van der Waals surface area contributed by atoms with Crippen LogP contribution in [0.2, 0.25) is 0 Å². The van der Waals surface area contributed by atoms with Crippen LogP contribution in [0.3, 0.4) is 0 Å². The van der Waals surface area contributed by atoms with Crippen molar-refractivity contribution in [3.8, 4) is 11.1 Å². The van der Waals surface area contributed by atoms with Crippen LogP contribution in [0.4, 0.5) is 0 Å². The van der Waals surface area contributed by atoms with Gasteiger partial charge < -0.3 is 9.80 Å². The van der Waals surface area contributed by atoms with Gasteiger partial charge >= 0.3 is 0 Å². The van der Waals surface area contributed by atoms with Gasteiger partial charge in [0.2, 0.25) is 0 Å². The van der Waals surface area contributed by atoms with E-state index in [0.717, 1.165) is 37.2 Å². The van der Waals surface area contributed by atoms with Crippen LogP contribution in [-0.2, 0) is 0 Å². The first-order valence-electron chi connectivity index (χ1n) is 9.13. The van der Waals surface area contributed by atoms with E-state index < -0.39 is 0 Å². The molecule has 0 saturated carbocycles. The SMILES string of the molecule is CN1CCC(C)(CN(C)C(=O)c2cccc(-c3cnc4ncnn4c3)c2)C1. The number of hydrogen-bond donors (Lipinski definition) is 0. The zero-order valence-corrected chi connectivity index (χ0v) is 16.0. The van der Waals surface area contributed by atoms with Gasteiger partial charge in [-0.05, 0) is 43.1 Å². The summed E-state index contributed by atoms with van der Waals surface area (Å²) in [4.78, 5) is 25.5. The van der Waals surface area contributed by atoms with Crippen molar-refractivity contribution >= 4 is 11.7 Å². The molecule has 1 aliphatic heterocycles. The second-order valence-corrected chi connectivity index (χ2v) is 7.89. The van der Waals surface area contributed by atoms with Crippen LogP contribution in [0, 0.1) is 5.41 Å². The lowest BCUT2D eigenvalue weighted by Gasteiger charge is -2.30. The predicted octanol–water partition coefficient (Wildman–Crippen LogP) is 2.21. The largest absolute Gasteiger partial charge is 0.341 e. The normalized spacial score (nSPS) is 20.3. The van der Waals surface area contributed by atoms with Crippen LogP contribution in [0.5, 0.6) is 0 Å². The quantitative estimate of drug-likeness (QED) is 0.710. The molecule has 0 N–H and O–H groups in total. The van der Waals surface area contributed by atoms with Gasteiger partial charge in [-0.2, -0.15) is 10.1 Å². The third-order valence-corrected chi connectivity index (χ3v) is 5.29. The van der Waals surface area contributed by atoms with Crippen molar-refractivity contribution in [1.29, 1.82) is 0 Å². The summed E-state index contributed by atoms with van der Waals surface area (Å²) in [7, 11) is 4.03. The summed E-state index contributed by atoms with van der Waals surface area (Å²) in [5, 5.41) is 4.13. The minimum atomic E-state index is 0.0439. The summed E-state index contributed by atoms with van der Waals surface area (Å²) in [5.41, 5.74) is 2.67. The van der Waals surface area contributed by atoms with Crippen LogP contribution in [-0.4, -0.2) is 69.0 Å². The van der Waals surface area contributed by atoms with Gasteiger partial charge in [0.15, 0.2) is 0 Å². The highest BCUT2D eigenvalue weighted by Gasteiger charge is 2.34. The molecule has 1 unspecified atom stereocenters. The van der Waals surface area contributed by atoms with Gasteiger partial charge in [-0.15, -0.1) is 0 Å². The number of nitrogens with zero attached hydrogens (tertiary/aromatic N) is 6. The molecule has 2 aromatic heterocycles. The van der Waals surface area contributed by atoms with Gasteiger partial charge in [0, 0.05) is 43.7 Å². The monoisotopic (exact) mass is 364 g/mol. The van der Waals surface area contributed by atoms with Crippen molar-refractivity contribution in [1.82, 2.24) is 29.4 Å². The fourth-order valence-corrected chi connectivity index (χ4v) is 3.97. The first-order valence-corrected chi connectivity index (χ1v) is 9.13. The maximum Gasteiger partial charge on any atom is 0.253 e. The molecule has 0 radical (unpaired) electrons. The first kappa shape index (κ1) is 17.6. The number of carbonyl (C=O) groups excluding carboxylic acids is 1. The lowest BCUT2D eigenvalue weighted by atomic mass is 9.89. The minimum absolute atomic E-state index is 0.0439. The molecule has 1 saturated heterocycles. The molecule has 4 rings (SSSR count). The van der Waals surface area contributed by atoms with E-state index in [0.29, 0.717) is 11.3 Å². The fraction of sp³-hybridized carbons (Fsp3) is 0.400. The Kier molecular flexibility index (Phi) is 4.39. The molecule has 27 heavy (non-hydrogen) atoms. The lowest BCUT2D eigenvalue weighted by Crippen LogP contribution is -2.38. The molecule has 7 heteroatoms. The number of aromatic nitrogens is 4. The zero-order valence-electron chi connectivity index (χ0n) is 16.0.